The minimum atomic E-state index is -1.06. The number of carbonyl (C=O) groups excluding carboxylic acids is 2. The van der Waals surface area contributed by atoms with E-state index in [4.69, 9.17) is 32.7 Å². The number of amides is 2. The number of ether oxygens (including phenoxy) is 2. The normalized spacial score (nSPS) is 14.7. The van der Waals surface area contributed by atoms with Gasteiger partial charge in [0, 0.05) is 26.2 Å². The third-order valence-electron chi connectivity index (χ3n) is 3.63. The topological polar surface area (TPSA) is 59.1 Å². The predicted molar refractivity (Wildman–Crippen MR) is 91.8 cm³/mol. The van der Waals surface area contributed by atoms with Crippen molar-refractivity contribution >= 4 is 35.0 Å². The Bertz CT molecular complexity index is 558. The van der Waals surface area contributed by atoms with Gasteiger partial charge in [-0.05, 0) is 31.2 Å². The zero-order chi connectivity index (χ0) is 17.5. The predicted octanol–water partition coefficient (Wildman–Crippen LogP) is 1.94. The monoisotopic (exact) mass is 374 g/mol. The van der Waals surface area contributed by atoms with Crippen LogP contribution in [0.5, 0.6) is 11.5 Å². The quantitative estimate of drug-likeness (QED) is 0.713. The van der Waals surface area contributed by atoms with Gasteiger partial charge in [0.05, 0.1) is 6.61 Å². The van der Waals surface area contributed by atoms with Crippen LogP contribution in [0.2, 0.25) is 0 Å². The molecule has 0 radical (unpaired) electrons. The summed E-state index contributed by atoms with van der Waals surface area (Å²) in [4.78, 5) is 26.0. The lowest BCUT2D eigenvalue weighted by atomic mass is 10.3. The lowest BCUT2D eigenvalue weighted by Gasteiger charge is -2.34. The second-order valence-electron chi connectivity index (χ2n) is 5.20. The Morgan fingerprint density at radius 1 is 1.00 bits per heavy atom. The van der Waals surface area contributed by atoms with Crippen LogP contribution < -0.4 is 9.47 Å². The smallest absolute Gasteiger partial charge is 0.260 e. The molecule has 0 saturated carbocycles. The Morgan fingerprint density at radius 2 is 1.50 bits per heavy atom. The van der Waals surface area contributed by atoms with Gasteiger partial charge in [-0.15, -0.1) is 0 Å². The van der Waals surface area contributed by atoms with E-state index in [1.165, 1.54) is 0 Å². The minimum Gasteiger partial charge on any atom is -0.494 e. The highest BCUT2D eigenvalue weighted by molar-refractivity contribution is 6.53. The summed E-state index contributed by atoms with van der Waals surface area (Å²) in [5.74, 6) is 0.918. The third-order valence-corrected chi connectivity index (χ3v) is 4.00. The summed E-state index contributed by atoms with van der Waals surface area (Å²) in [5, 5.41) is 0. The van der Waals surface area contributed by atoms with Crippen molar-refractivity contribution in [1.82, 2.24) is 9.80 Å². The van der Waals surface area contributed by atoms with Gasteiger partial charge in [-0.25, -0.2) is 0 Å². The lowest BCUT2D eigenvalue weighted by Crippen LogP contribution is -2.52. The molecule has 1 aliphatic rings. The van der Waals surface area contributed by atoms with E-state index in [0.29, 0.717) is 38.5 Å². The Hall–Kier alpha value is -1.66. The number of alkyl halides is 2. The van der Waals surface area contributed by atoms with Crippen molar-refractivity contribution in [2.24, 2.45) is 0 Å². The van der Waals surface area contributed by atoms with Crippen molar-refractivity contribution < 1.29 is 19.1 Å². The van der Waals surface area contributed by atoms with Gasteiger partial charge in [-0.1, -0.05) is 23.2 Å². The highest BCUT2D eigenvalue weighted by Crippen LogP contribution is 2.17. The number of piperazine rings is 1. The largest absolute Gasteiger partial charge is 0.494 e. The number of halogens is 2. The van der Waals surface area contributed by atoms with Crippen LogP contribution in [0.15, 0.2) is 24.3 Å². The van der Waals surface area contributed by atoms with Crippen LogP contribution in [0.3, 0.4) is 0 Å². The van der Waals surface area contributed by atoms with E-state index >= 15 is 0 Å². The molecule has 0 atom stereocenters. The second-order valence-corrected chi connectivity index (χ2v) is 6.30. The Labute approximate surface area is 151 Å². The van der Waals surface area contributed by atoms with E-state index < -0.39 is 4.84 Å². The Balaban J connectivity index is 1.76. The van der Waals surface area contributed by atoms with Gasteiger partial charge in [0.2, 0.25) is 0 Å². The molecule has 1 fully saturated rings. The summed E-state index contributed by atoms with van der Waals surface area (Å²) in [5.41, 5.74) is 0. The molecule has 1 aliphatic heterocycles. The number of hydrogen-bond donors (Lipinski definition) is 0. The molecule has 0 N–H and O–H groups in total. The fraction of sp³-hybridized carbons (Fsp3) is 0.500. The van der Waals surface area contributed by atoms with E-state index in [0.717, 1.165) is 5.75 Å². The summed E-state index contributed by atoms with van der Waals surface area (Å²) in [6.07, 6.45) is 0. The van der Waals surface area contributed by atoms with Crippen LogP contribution in [0.25, 0.3) is 0 Å². The molecule has 0 unspecified atom stereocenters. The average Bonchev–Trinajstić information content (AvgIpc) is 2.60. The van der Waals surface area contributed by atoms with Crippen LogP contribution in [-0.2, 0) is 9.59 Å². The van der Waals surface area contributed by atoms with Crippen molar-refractivity contribution in [3.05, 3.63) is 24.3 Å². The maximum atomic E-state index is 12.2. The maximum Gasteiger partial charge on any atom is 0.260 e. The van der Waals surface area contributed by atoms with Crippen molar-refractivity contribution in [3.8, 4) is 11.5 Å². The highest BCUT2D eigenvalue weighted by atomic mass is 35.5. The zero-order valence-electron chi connectivity index (χ0n) is 13.4. The molecular weight excluding hydrogens is 355 g/mol. The van der Waals surface area contributed by atoms with Crippen LogP contribution in [0.1, 0.15) is 6.92 Å². The summed E-state index contributed by atoms with van der Waals surface area (Å²) in [6, 6.07) is 7.11. The van der Waals surface area contributed by atoms with Crippen LogP contribution in [-0.4, -0.2) is 65.8 Å². The van der Waals surface area contributed by atoms with Gasteiger partial charge in [0.15, 0.2) is 11.4 Å². The maximum absolute atomic E-state index is 12.2. The fourth-order valence-electron chi connectivity index (χ4n) is 2.35. The Kier molecular flexibility index (Phi) is 6.99. The van der Waals surface area contributed by atoms with Crippen molar-refractivity contribution in [1.29, 1.82) is 0 Å². The zero-order valence-corrected chi connectivity index (χ0v) is 14.9. The number of carbonyl (C=O) groups is 2. The van der Waals surface area contributed by atoms with Crippen LogP contribution in [0.4, 0.5) is 0 Å². The molecule has 6 nitrogen and oxygen atoms in total. The molecule has 1 aromatic rings. The van der Waals surface area contributed by atoms with Gasteiger partial charge in [0.1, 0.15) is 11.5 Å². The number of benzene rings is 1. The number of hydrogen-bond acceptors (Lipinski definition) is 4. The molecule has 2 rings (SSSR count). The van der Waals surface area contributed by atoms with E-state index in [-0.39, 0.29) is 18.4 Å². The molecule has 0 spiro atoms. The molecule has 1 heterocycles. The van der Waals surface area contributed by atoms with Crippen molar-refractivity contribution in [2.75, 3.05) is 39.4 Å². The standard InChI is InChI=1S/C16H20Cl2N2O4/c1-2-23-12-3-5-13(6-4-12)24-11-14(21)19-7-9-20(10-8-19)16(22)15(17)18/h3-6,15H,2,7-11H2,1H3. The highest BCUT2D eigenvalue weighted by Gasteiger charge is 2.26. The van der Waals surface area contributed by atoms with E-state index in [9.17, 15) is 9.59 Å². The van der Waals surface area contributed by atoms with Gasteiger partial charge in [0.25, 0.3) is 11.8 Å². The second kappa shape index (κ2) is 8.99. The average molecular weight is 375 g/mol. The summed E-state index contributed by atoms with van der Waals surface area (Å²) >= 11 is 11.1. The van der Waals surface area contributed by atoms with Gasteiger partial charge in [-0.2, -0.15) is 0 Å². The molecule has 0 aromatic heterocycles. The van der Waals surface area contributed by atoms with Crippen molar-refractivity contribution in [3.63, 3.8) is 0 Å². The van der Waals surface area contributed by atoms with E-state index in [2.05, 4.69) is 0 Å². The van der Waals surface area contributed by atoms with Gasteiger partial charge < -0.3 is 19.3 Å². The van der Waals surface area contributed by atoms with E-state index in [1.54, 1.807) is 34.1 Å². The van der Waals surface area contributed by atoms with Crippen molar-refractivity contribution in [2.45, 2.75) is 11.8 Å². The molecule has 1 aromatic carbocycles. The molecular formula is C16H20Cl2N2O4. The molecule has 1 saturated heterocycles. The summed E-state index contributed by atoms with van der Waals surface area (Å²) in [6.45, 7) is 4.19. The summed E-state index contributed by atoms with van der Waals surface area (Å²) < 4.78 is 10.8. The first-order valence-electron chi connectivity index (χ1n) is 7.71. The molecule has 2 amide bonds. The van der Waals surface area contributed by atoms with Crippen LogP contribution >= 0.6 is 23.2 Å². The third kappa shape index (κ3) is 5.18. The first-order valence-corrected chi connectivity index (χ1v) is 8.59. The van der Waals surface area contributed by atoms with Crippen LogP contribution in [0, 0.1) is 0 Å². The Morgan fingerprint density at radius 3 is 2.00 bits per heavy atom. The van der Waals surface area contributed by atoms with Gasteiger partial charge >= 0.3 is 0 Å². The minimum absolute atomic E-state index is 0.0461. The molecule has 0 aliphatic carbocycles. The van der Waals surface area contributed by atoms with E-state index in [1.807, 2.05) is 6.92 Å². The molecule has 24 heavy (non-hydrogen) atoms. The lowest BCUT2D eigenvalue weighted by molar-refractivity contribution is -0.139. The first kappa shape index (κ1) is 18.7. The van der Waals surface area contributed by atoms with Gasteiger partial charge in [-0.3, -0.25) is 9.59 Å². The SMILES string of the molecule is CCOc1ccc(OCC(=O)N2CCN(C(=O)C(Cl)Cl)CC2)cc1. The first-order chi connectivity index (χ1) is 11.5. The fourth-order valence-corrected chi connectivity index (χ4v) is 2.63. The molecule has 8 heteroatoms. The summed E-state index contributed by atoms with van der Waals surface area (Å²) in [7, 11) is 0. The molecule has 132 valence electrons. The number of rotatable bonds is 6. The number of nitrogens with zero attached hydrogens (tertiary/aromatic N) is 2. The molecule has 0 bridgehead atoms.